The highest BCUT2D eigenvalue weighted by Crippen LogP contribution is 2.26. The van der Waals surface area contributed by atoms with Gasteiger partial charge >= 0.3 is 0 Å². The number of benzene rings is 1. The number of thiazole rings is 1. The molecule has 0 fully saturated rings. The zero-order valence-electron chi connectivity index (χ0n) is 12.0. The number of halogens is 1. The molecular weight excluding hydrogens is 341 g/mol. The minimum absolute atomic E-state index is 0.175. The van der Waals surface area contributed by atoms with E-state index >= 15 is 0 Å². The SMILES string of the molecule is O=C1NCCCc2nc(NS(=O)(=O)Cc3ccc(F)cc3)sc21. The van der Waals surface area contributed by atoms with Crippen LogP contribution < -0.4 is 10.0 Å². The number of aromatic nitrogens is 1. The molecule has 2 N–H and O–H groups in total. The van der Waals surface area contributed by atoms with Gasteiger partial charge in [0.1, 0.15) is 10.7 Å². The Balaban J connectivity index is 1.77. The maximum absolute atomic E-state index is 12.9. The molecule has 0 spiro atoms. The van der Waals surface area contributed by atoms with Gasteiger partial charge in [0.15, 0.2) is 5.13 Å². The maximum atomic E-state index is 12.9. The molecule has 3 rings (SSSR count). The molecular formula is C14H14FN3O3S2. The summed E-state index contributed by atoms with van der Waals surface area (Å²) in [6.07, 6.45) is 1.40. The number of anilines is 1. The van der Waals surface area contributed by atoms with Crippen molar-refractivity contribution < 1.29 is 17.6 Å². The molecule has 0 bridgehead atoms. The average molecular weight is 355 g/mol. The van der Waals surface area contributed by atoms with Gasteiger partial charge in [-0.2, -0.15) is 0 Å². The Labute approximate surface area is 136 Å². The molecule has 1 aromatic carbocycles. The summed E-state index contributed by atoms with van der Waals surface area (Å²) >= 11 is 1.02. The zero-order chi connectivity index (χ0) is 16.4. The number of hydrogen-bond acceptors (Lipinski definition) is 5. The Bertz CT molecular complexity index is 831. The Morgan fingerprint density at radius 3 is 2.78 bits per heavy atom. The summed E-state index contributed by atoms with van der Waals surface area (Å²) in [6.45, 7) is 0.591. The first kappa shape index (κ1) is 15.9. The normalized spacial score (nSPS) is 14.7. The highest BCUT2D eigenvalue weighted by molar-refractivity contribution is 7.92. The number of carbonyl (C=O) groups is 1. The van der Waals surface area contributed by atoms with Gasteiger partial charge in [0, 0.05) is 6.54 Å². The molecule has 23 heavy (non-hydrogen) atoms. The summed E-state index contributed by atoms with van der Waals surface area (Å²) in [5, 5.41) is 2.92. The molecule has 2 aromatic rings. The number of sulfonamides is 1. The van der Waals surface area contributed by atoms with Crippen LogP contribution in [-0.2, 0) is 22.2 Å². The van der Waals surface area contributed by atoms with Crippen LogP contribution in [0.4, 0.5) is 9.52 Å². The van der Waals surface area contributed by atoms with Gasteiger partial charge in [0.25, 0.3) is 5.91 Å². The molecule has 0 saturated carbocycles. The van der Waals surface area contributed by atoms with Crippen LogP contribution in [0.2, 0.25) is 0 Å². The molecule has 1 amide bonds. The quantitative estimate of drug-likeness (QED) is 0.877. The lowest BCUT2D eigenvalue weighted by molar-refractivity contribution is 0.0960. The summed E-state index contributed by atoms with van der Waals surface area (Å²) < 4.78 is 39.6. The third-order valence-electron chi connectivity index (χ3n) is 3.29. The molecule has 0 aliphatic carbocycles. The first-order chi connectivity index (χ1) is 10.9. The van der Waals surface area contributed by atoms with Crippen molar-refractivity contribution in [1.82, 2.24) is 10.3 Å². The van der Waals surface area contributed by atoms with Gasteiger partial charge in [-0.1, -0.05) is 23.5 Å². The molecule has 1 aliphatic rings. The largest absolute Gasteiger partial charge is 0.351 e. The number of rotatable bonds is 4. The van der Waals surface area contributed by atoms with E-state index in [1.165, 1.54) is 24.3 Å². The fourth-order valence-corrected chi connectivity index (χ4v) is 4.59. The lowest BCUT2D eigenvalue weighted by Gasteiger charge is -2.05. The van der Waals surface area contributed by atoms with Crippen molar-refractivity contribution in [3.8, 4) is 0 Å². The van der Waals surface area contributed by atoms with Gasteiger partial charge < -0.3 is 5.32 Å². The van der Waals surface area contributed by atoms with Crippen molar-refractivity contribution in [2.24, 2.45) is 0 Å². The van der Waals surface area contributed by atoms with Crippen LogP contribution in [0.25, 0.3) is 0 Å². The minimum Gasteiger partial charge on any atom is -0.351 e. The number of nitrogens with one attached hydrogen (secondary N) is 2. The number of nitrogens with zero attached hydrogens (tertiary/aromatic N) is 1. The van der Waals surface area contributed by atoms with Gasteiger partial charge in [0.05, 0.1) is 11.4 Å². The van der Waals surface area contributed by atoms with E-state index in [4.69, 9.17) is 0 Å². The molecule has 122 valence electrons. The Kier molecular flexibility index (Phi) is 4.31. The second-order valence-corrected chi connectivity index (χ2v) is 7.86. The molecule has 0 saturated heterocycles. The van der Waals surface area contributed by atoms with E-state index in [1.54, 1.807) is 0 Å². The third-order valence-corrected chi connectivity index (χ3v) is 5.65. The highest BCUT2D eigenvalue weighted by atomic mass is 32.2. The molecule has 2 heterocycles. The number of carbonyl (C=O) groups excluding carboxylic acids is 1. The van der Waals surface area contributed by atoms with Gasteiger partial charge in [0.2, 0.25) is 10.0 Å². The van der Waals surface area contributed by atoms with Crippen molar-refractivity contribution in [3.05, 3.63) is 46.2 Å². The summed E-state index contributed by atoms with van der Waals surface area (Å²) in [5.74, 6) is -0.934. The summed E-state index contributed by atoms with van der Waals surface area (Å²) in [6, 6.07) is 5.25. The number of hydrogen-bond donors (Lipinski definition) is 2. The average Bonchev–Trinajstić information content (AvgIpc) is 2.79. The Morgan fingerprint density at radius 2 is 2.04 bits per heavy atom. The van der Waals surface area contributed by atoms with Crippen LogP contribution >= 0.6 is 11.3 Å². The van der Waals surface area contributed by atoms with E-state index in [-0.39, 0.29) is 16.8 Å². The third kappa shape index (κ3) is 3.85. The van der Waals surface area contributed by atoms with Crippen molar-refractivity contribution in [2.75, 3.05) is 11.3 Å². The molecule has 1 aliphatic heterocycles. The van der Waals surface area contributed by atoms with E-state index in [9.17, 15) is 17.6 Å². The van der Waals surface area contributed by atoms with E-state index < -0.39 is 15.8 Å². The van der Waals surface area contributed by atoms with Crippen LogP contribution in [0.5, 0.6) is 0 Å². The molecule has 1 aromatic heterocycles. The van der Waals surface area contributed by atoms with E-state index in [2.05, 4.69) is 15.0 Å². The van der Waals surface area contributed by atoms with Crippen molar-refractivity contribution in [2.45, 2.75) is 18.6 Å². The number of aryl methyl sites for hydroxylation is 1. The van der Waals surface area contributed by atoms with Crippen LogP contribution in [0.3, 0.4) is 0 Å². The van der Waals surface area contributed by atoms with Crippen LogP contribution in [0, 0.1) is 5.82 Å². The fraction of sp³-hybridized carbons (Fsp3) is 0.286. The first-order valence-corrected chi connectivity index (χ1v) is 9.43. The topological polar surface area (TPSA) is 88.2 Å². The lowest BCUT2D eigenvalue weighted by atomic mass is 10.2. The number of fused-ring (bicyclic) bond motifs is 1. The van der Waals surface area contributed by atoms with Crippen LogP contribution in [0.15, 0.2) is 24.3 Å². The minimum atomic E-state index is -3.68. The fourth-order valence-electron chi connectivity index (χ4n) is 2.25. The molecule has 0 atom stereocenters. The van der Waals surface area contributed by atoms with Gasteiger partial charge in [-0.25, -0.2) is 17.8 Å². The Morgan fingerprint density at radius 1 is 1.30 bits per heavy atom. The summed E-state index contributed by atoms with van der Waals surface area (Å²) in [5.41, 5.74) is 1.08. The van der Waals surface area contributed by atoms with E-state index in [1.807, 2.05) is 0 Å². The highest BCUT2D eigenvalue weighted by Gasteiger charge is 2.22. The molecule has 6 nitrogen and oxygen atoms in total. The van der Waals surface area contributed by atoms with Gasteiger partial charge in [-0.05, 0) is 30.5 Å². The Hall–Kier alpha value is -2.00. The monoisotopic (exact) mass is 355 g/mol. The molecule has 9 heteroatoms. The van der Waals surface area contributed by atoms with Gasteiger partial charge in [-0.3, -0.25) is 9.52 Å². The lowest BCUT2D eigenvalue weighted by Crippen LogP contribution is -2.21. The van der Waals surface area contributed by atoms with E-state index in [0.29, 0.717) is 29.1 Å². The predicted molar refractivity (Wildman–Crippen MR) is 85.4 cm³/mol. The summed E-state index contributed by atoms with van der Waals surface area (Å²) in [7, 11) is -3.68. The maximum Gasteiger partial charge on any atom is 0.263 e. The zero-order valence-corrected chi connectivity index (χ0v) is 13.6. The predicted octanol–water partition coefficient (Wildman–Crippen LogP) is 1.90. The standard InChI is InChI=1S/C14H14FN3O3S2/c15-10-5-3-9(4-6-10)8-23(20,21)18-14-17-11-2-1-7-16-13(19)12(11)22-14/h3-6H,1-2,7-8H2,(H,16,19)(H,17,18). The van der Waals surface area contributed by atoms with Crippen molar-refractivity contribution >= 4 is 32.4 Å². The van der Waals surface area contributed by atoms with Crippen molar-refractivity contribution in [3.63, 3.8) is 0 Å². The second-order valence-electron chi connectivity index (χ2n) is 5.14. The summed E-state index contributed by atoms with van der Waals surface area (Å²) in [4.78, 5) is 16.5. The first-order valence-electron chi connectivity index (χ1n) is 6.96. The smallest absolute Gasteiger partial charge is 0.263 e. The number of amides is 1. The van der Waals surface area contributed by atoms with Crippen molar-refractivity contribution in [1.29, 1.82) is 0 Å². The van der Waals surface area contributed by atoms with Crippen LogP contribution in [-0.4, -0.2) is 25.9 Å². The van der Waals surface area contributed by atoms with Gasteiger partial charge in [-0.15, -0.1) is 0 Å². The van der Waals surface area contributed by atoms with E-state index in [0.717, 1.165) is 17.8 Å². The molecule has 0 radical (unpaired) electrons. The molecule has 0 unspecified atom stereocenters. The second kappa shape index (κ2) is 6.25. The van der Waals surface area contributed by atoms with Crippen LogP contribution in [0.1, 0.15) is 27.3 Å².